The molecule has 1 fully saturated rings. The third-order valence-corrected chi connectivity index (χ3v) is 7.99. The largest absolute Gasteiger partial charge is 0.468 e. The number of furan rings is 1. The number of para-hydroxylation sites is 1. The third-order valence-electron chi connectivity index (χ3n) is 7.99. The summed E-state index contributed by atoms with van der Waals surface area (Å²) in [5.74, 6) is 0.471. The number of likely N-dealkylation sites (tertiary alicyclic amines) is 1. The second-order valence-corrected chi connectivity index (χ2v) is 11.3. The van der Waals surface area contributed by atoms with Crippen molar-refractivity contribution >= 4 is 23.6 Å². The maximum absolute atomic E-state index is 13.1. The van der Waals surface area contributed by atoms with E-state index in [4.69, 9.17) is 9.15 Å². The van der Waals surface area contributed by atoms with Gasteiger partial charge >= 0.3 is 6.09 Å². The van der Waals surface area contributed by atoms with Crippen molar-refractivity contribution in [3.63, 3.8) is 0 Å². The summed E-state index contributed by atoms with van der Waals surface area (Å²) in [4.78, 5) is 42.5. The number of nitrogens with zero attached hydrogens (tertiary/aromatic N) is 2. The van der Waals surface area contributed by atoms with E-state index in [0.29, 0.717) is 49.5 Å². The molecule has 0 atom stereocenters. The van der Waals surface area contributed by atoms with E-state index in [2.05, 4.69) is 20.9 Å². The van der Waals surface area contributed by atoms with Crippen LogP contribution in [0.15, 0.2) is 102 Å². The lowest BCUT2D eigenvalue weighted by molar-refractivity contribution is 0.0540. The van der Waals surface area contributed by atoms with E-state index >= 15 is 0 Å². The number of nitrogens with one attached hydrogen (secondary N) is 3. The fourth-order valence-corrected chi connectivity index (χ4v) is 5.40. The Morgan fingerprint density at radius 1 is 0.891 bits per heavy atom. The van der Waals surface area contributed by atoms with Gasteiger partial charge in [0.05, 0.1) is 18.5 Å². The minimum Gasteiger partial charge on any atom is -0.468 e. The Morgan fingerprint density at radius 3 is 2.43 bits per heavy atom. The number of piperidine rings is 1. The van der Waals surface area contributed by atoms with Gasteiger partial charge in [-0.15, -0.1) is 0 Å². The number of hydrogen-bond donors (Lipinski definition) is 3. The molecule has 1 aliphatic rings. The first kappa shape index (κ1) is 32.5. The Kier molecular flexibility index (Phi) is 11.6. The van der Waals surface area contributed by atoms with Crippen molar-refractivity contribution in [1.29, 1.82) is 0 Å². The molecule has 240 valence electrons. The molecular weight excluding hydrogens is 582 g/mol. The van der Waals surface area contributed by atoms with E-state index in [9.17, 15) is 14.4 Å². The van der Waals surface area contributed by atoms with Crippen LogP contribution in [0, 0.1) is 0 Å². The summed E-state index contributed by atoms with van der Waals surface area (Å²) in [6.45, 7) is 4.42. The van der Waals surface area contributed by atoms with Crippen LogP contribution >= 0.6 is 0 Å². The molecule has 0 aliphatic carbocycles. The van der Waals surface area contributed by atoms with Crippen LogP contribution in [0.25, 0.3) is 11.1 Å². The molecule has 46 heavy (non-hydrogen) atoms. The molecule has 0 bridgehead atoms. The molecule has 0 spiro atoms. The predicted octanol–water partition coefficient (Wildman–Crippen LogP) is 5.25. The molecule has 1 saturated heterocycles. The molecule has 3 N–H and O–H groups in total. The van der Waals surface area contributed by atoms with Crippen LogP contribution in [0.3, 0.4) is 0 Å². The first-order valence-corrected chi connectivity index (χ1v) is 15.7. The lowest BCUT2D eigenvalue weighted by atomic mass is 10.0. The van der Waals surface area contributed by atoms with Crippen molar-refractivity contribution in [2.75, 3.05) is 51.6 Å². The quantitative estimate of drug-likeness (QED) is 0.174. The van der Waals surface area contributed by atoms with Gasteiger partial charge in [0.1, 0.15) is 11.9 Å². The van der Waals surface area contributed by atoms with Crippen molar-refractivity contribution in [1.82, 2.24) is 20.4 Å². The highest BCUT2D eigenvalue weighted by Crippen LogP contribution is 2.28. The highest BCUT2D eigenvalue weighted by Gasteiger charge is 2.23. The first-order valence-electron chi connectivity index (χ1n) is 15.7. The number of amides is 3. The maximum Gasteiger partial charge on any atom is 0.411 e. The van der Waals surface area contributed by atoms with Crippen molar-refractivity contribution < 1.29 is 23.5 Å². The second kappa shape index (κ2) is 16.4. The molecular formula is C36H41N5O5. The smallest absolute Gasteiger partial charge is 0.411 e. The zero-order chi connectivity index (χ0) is 32.1. The number of likely N-dealkylation sites (N-methyl/N-ethyl adjacent to an activating group) is 1. The number of hydrogen-bond acceptors (Lipinski definition) is 7. The minimum atomic E-state index is -0.454. The number of anilines is 1. The summed E-state index contributed by atoms with van der Waals surface area (Å²) < 4.78 is 11.0. The maximum atomic E-state index is 13.1. The Labute approximate surface area is 269 Å². The van der Waals surface area contributed by atoms with Crippen molar-refractivity contribution in [3.8, 4) is 11.1 Å². The lowest BCUT2D eigenvalue weighted by Crippen LogP contribution is -2.42. The predicted molar refractivity (Wildman–Crippen MR) is 178 cm³/mol. The van der Waals surface area contributed by atoms with Gasteiger partial charge in [0.2, 0.25) is 0 Å². The van der Waals surface area contributed by atoms with E-state index in [1.807, 2.05) is 66.7 Å². The number of carbonyl (C=O) groups excluding carboxylic acids is 3. The molecule has 4 aromatic rings. The monoisotopic (exact) mass is 623 g/mol. The summed E-state index contributed by atoms with van der Waals surface area (Å²) in [6.07, 6.45) is 2.45. The van der Waals surface area contributed by atoms with Crippen LogP contribution < -0.4 is 16.0 Å². The van der Waals surface area contributed by atoms with Crippen LogP contribution in [0.5, 0.6) is 0 Å². The molecule has 3 amide bonds. The molecule has 1 aromatic heterocycles. The molecule has 0 radical (unpaired) electrons. The highest BCUT2D eigenvalue weighted by molar-refractivity contribution is 5.99. The third kappa shape index (κ3) is 9.29. The molecule has 0 saturated carbocycles. The number of rotatable bonds is 13. The van der Waals surface area contributed by atoms with E-state index in [-0.39, 0.29) is 17.9 Å². The SMILES string of the molecule is CN(CCN1CCC(OC(=O)Nc2ccccc2-c2ccccc2)CC1)C(=O)c1cccc(C(=O)NCCNCc2ccco2)c1. The summed E-state index contributed by atoms with van der Waals surface area (Å²) in [5.41, 5.74) is 3.59. The number of ether oxygens (including phenoxy) is 1. The van der Waals surface area contributed by atoms with Crippen LogP contribution in [-0.4, -0.2) is 80.1 Å². The van der Waals surface area contributed by atoms with Crippen LogP contribution in [0.1, 0.15) is 39.3 Å². The van der Waals surface area contributed by atoms with Crippen molar-refractivity contribution in [2.45, 2.75) is 25.5 Å². The van der Waals surface area contributed by atoms with Crippen LogP contribution in [0.4, 0.5) is 10.5 Å². The van der Waals surface area contributed by atoms with E-state index in [1.165, 1.54) is 0 Å². The highest BCUT2D eigenvalue weighted by atomic mass is 16.6. The normalized spacial score (nSPS) is 13.6. The Balaban J connectivity index is 1.01. The Hall–Kier alpha value is -4.93. The average Bonchev–Trinajstić information content (AvgIpc) is 3.61. The van der Waals surface area contributed by atoms with Gasteiger partial charge in [0.15, 0.2) is 0 Å². The van der Waals surface area contributed by atoms with Gasteiger partial charge in [-0.3, -0.25) is 14.9 Å². The minimum absolute atomic E-state index is 0.138. The molecule has 10 nitrogen and oxygen atoms in total. The summed E-state index contributed by atoms with van der Waals surface area (Å²) in [7, 11) is 1.77. The van der Waals surface area contributed by atoms with E-state index in [1.54, 1.807) is 42.5 Å². The average molecular weight is 624 g/mol. The van der Waals surface area contributed by atoms with Gasteiger partial charge in [0.25, 0.3) is 11.8 Å². The molecule has 10 heteroatoms. The summed E-state index contributed by atoms with van der Waals surface area (Å²) in [6, 6.07) is 28.1. The van der Waals surface area contributed by atoms with Crippen LogP contribution in [0.2, 0.25) is 0 Å². The van der Waals surface area contributed by atoms with E-state index < -0.39 is 6.09 Å². The first-order chi connectivity index (χ1) is 22.5. The summed E-state index contributed by atoms with van der Waals surface area (Å²) in [5, 5.41) is 9.00. The van der Waals surface area contributed by atoms with Gasteiger partial charge in [-0.2, -0.15) is 0 Å². The fourth-order valence-electron chi connectivity index (χ4n) is 5.40. The molecule has 1 aliphatic heterocycles. The van der Waals surface area contributed by atoms with E-state index in [0.717, 1.165) is 42.8 Å². The standard InChI is InChI=1S/C36H41N5O5/c1-40(35(43)29-12-7-11-28(25-29)34(42)38-19-18-37-26-31-13-8-24-45-31)22-23-41-20-16-30(17-21-41)46-36(44)39-33-15-6-5-14-32(33)27-9-3-2-4-10-27/h2-15,24-25,30,37H,16-23,26H2,1H3,(H,38,42)(H,39,44). The lowest BCUT2D eigenvalue weighted by Gasteiger charge is -2.32. The number of carbonyl (C=O) groups is 3. The molecule has 5 rings (SSSR count). The van der Waals surface area contributed by atoms with Crippen molar-refractivity contribution in [2.24, 2.45) is 0 Å². The van der Waals surface area contributed by atoms with Gasteiger partial charge in [0, 0.05) is 63.0 Å². The fraction of sp³-hybridized carbons (Fsp3) is 0.306. The zero-order valence-electron chi connectivity index (χ0n) is 26.1. The summed E-state index contributed by atoms with van der Waals surface area (Å²) >= 11 is 0. The molecule has 0 unspecified atom stereocenters. The van der Waals surface area contributed by atoms with Gasteiger partial charge in [-0.05, 0) is 54.8 Å². The topological polar surface area (TPSA) is 116 Å². The Bertz CT molecular complexity index is 1570. The molecule has 2 heterocycles. The van der Waals surface area contributed by atoms with Crippen LogP contribution in [-0.2, 0) is 11.3 Å². The van der Waals surface area contributed by atoms with Crippen molar-refractivity contribution in [3.05, 3.63) is 114 Å². The second-order valence-electron chi connectivity index (χ2n) is 11.3. The zero-order valence-corrected chi connectivity index (χ0v) is 26.1. The van der Waals surface area contributed by atoms with Gasteiger partial charge in [-0.25, -0.2) is 4.79 Å². The van der Waals surface area contributed by atoms with Gasteiger partial charge in [-0.1, -0.05) is 54.6 Å². The number of benzene rings is 3. The molecule has 3 aromatic carbocycles. The van der Waals surface area contributed by atoms with Gasteiger partial charge < -0.3 is 29.6 Å². The Morgan fingerprint density at radius 2 is 1.65 bits per heavy atom.